The first-order chi connectivity index (χ1) is 10.3. The highest BCUT2D eigenvalue weighted by atomic mass is 14.9. The minimum Gasteiger partial charge on any atom is -0.399 e. The van der Waals surface area contributed by atoms with Crippen LogP contribution in [0.25, 0.3) is 0 Å². The van der Waals surface area contributed by atoms with E-state index >= 15 is 0 Å². The zero-order valence-electron chi connectivity index (χ0n) is 11.8. The zero-order valence-corrected chi connectivity index (χ0v) is 11.8. The Bertz CT molecular complexity index is 686. The van der Waals surface area contributed by atoms with Crippen molar-refractivity contribution in [2.24, 2.45) is 0 Å². The molecule has 0 bridgehead atoms. The summed E-state index contributed by atoms with van der Waals surface area (Å²) in [5, 5.41) is 3.37. The molecule has 0 spiro atoms. The molecule has 0 heterocycles. The Morgan fingerprint density at radius 3 is 1.76 bits per heavy atom. The summed E-state index contributed by atoms with van der Waals surface area (Å²) in [5.41, 5.74) is 11.2. The summed E-state index contributed by atoms with van der Waals surface area (Å²) >= 11 is 0. The van der Waals surface area contributed by atoms with Gasteiger partial charge >= 0.3 is 0 Å². The van der Waals surface area contributed by atoms with E-state index in [1.807, 2.05) is 30.3 Å². The largest absolute Gasteiger partial charge is 0.399 e. The number of nitrogen functional groups attached to an aromatic ring is 1. The van der Waals surface area contributed by atoms with Gasteiger partial charge in [0.2, 0.25) is 0 Å². The maximum atomic E-state index is 5.69. The fraction of sp³-hybridized carbons (Fsp3) is 0.0526. The first-order valence-corrected chi connectivity index (χ1v) is 7.05. The van der Waals surface area contributed by atoms with E-state index < -0.39 is 0 Å². The van der Waals surface area contributed by atoms with E-state index in [2.05, 4.69) is 53.8 Å². The molecular weight excluding hydrogens is 256 g/mol. The van der Waals surface area contributed by atoms with Crippen molar-refractivity contribution in [3.8, 4) is 0 Å². The molecule has 21 heavy (non-hydrogen) atoms. The summed E-state index contributed by atoms with van der Waals surface area (Å²) in [6.07, 6.45) is 0.961. The van der Waals surface area contributed by atoms with Crippen molar-refractivity contribution in [1.82, 2.24) is 0 Å². The van der Waals surface area contributed by atoms with Crippen LogP contribution < -0.4 is 11.1 Å². The van der Waals surface area contributed by atoms with Gasteiger partial charge in [0.1, 0.15) is 0 Å². The van der Waals surface area contributed by atoms with Crippen LogP contribution in [0.15, 0.2) is 78.9 Å². The molecule has 0 fully saturated rings. The van der Waals surface area contributed by atoms with Crippen LogP contribution in [0, 0.1) is 0 Å². The lowest BCUT2D eigenvalue weighted by atomic mass is 10.0. The number of hydrogen-bond acceptors (Lipinski definition) is 2. The Morgan fingerprint density at radius 1 is 0.619 bits per heavy atom. The summed E-state index contributed by atoms with van der Waals surface area (Å²) in [7, 11) is 0. The minimum atomic E-state index is 0.777. The van der Waals surface area contributed by atoms with E-state index in [4.69, 9.17) is 5.73 Å². The second-order valence-electron chi connectivity index (χ2n) is 5.11. The molecule has 0 saturated carbocycles. The van der Waals surface area contributed by atoms with Gasteiger partial charge in [0.25, 0.3) is 0 Å². The lowest BCUT2D eigenvalue weighted by molar-refractivity contribution is 1.19. The molecule has 0 atom stereocenters. The molecule has 3 aromatic carbocycles. The van der Waals surface area contributed by atoms with Gasteiger partial charge in [-0.1, -0.05) is 42.5 Å². The van der Waals surface area contributed by atoms with Gasteiger partial charge < -0.3 is 11.1 Å². The standard InChI is InChI=1S/C19H18N2/c20-17-8-12-19(13-9-17)21-18-10-6-16(7-11-18)14-15-4-2-1-3-5-15/h1-13,21H,14,20H2. The molecule has 104 valence electrons. The monoisotopic (exact) mass is 274 g/mol. The summed E-state index contributed by atoms with van der Waals surface area (Å²) < 4.78 is 0. The molecule has 3 aromatic rings. The quantitative estimate of drug-likeness (QED) is 0.682. The van der Waals surface area contributed by atoms with Gasteiger partial charge in [0.15, 0.2) is 0 Å². The van der Waals surface area contributed by atoms with Gasteiger partial charge in [-0.05, 0) is 53.9 Å². The van der Waals surface area contributed by atoms with Crippen molar-refractivity contribution in [2.75, 3.05) is 11.1 Å². The van der Waals surface area contributed by atoms with Gasteiger partial charge in [-0.3, -0.25) is 0 Å². The van der Waals surface area contributed by atoms with Gasteiger partial charge in [-0.25, -0.2) is 0 Å². The molecule has 0 aliphatic carbocycles. The Kier molecular flexibility index (Phi) is 3.88. The molecule has 0 unspecified atom stereocenters. The zero-order chi connectivity index (χ0) is 14.5. The van der Waals surface area contributed by atoms with Crippen LogP contribution in [0.1, 0.15) is 11.1 Å². The molecule has 2 nitrogen and oxygen atoms in total. The van der Waals surface area contributed by atoms with Crippen molar-refractivity contribution in [1.29, 1.82) is 0 Å². The molecular formula is C19H18N2. The Labute approximate surface area is 125 Å². The van der Waals surface area contributed by atoms with Gasteiger partial charge in [-0.2, -0.15) is 0 Å². The van der Waals surface area contributed by atoms with Gasteiger partial charge in [0, 0.05) is 17.1 Å². The van der Waals surface area contributed by atoms with E-state index in [0.717, 1.165) is 23.5 Å². The van der Waals surface area contributed by atoms with Crippen LogP contribution in [0.4, 0.5) is 17.1 Å². The van der Waals surface area contributed by atoms with Crippen molar-refractivity contribution in [3.63, 3.8) is 0 Å². The van der Waals surface area contributed by atoms with Crippen LogP contribution in [-0.4, -0.2) is 0 Å². The Morgan fingerprint density at radius 2 is 1.14 bits per heavy atom. The maximum absolute atomic E-state index is 5.69. The van der Waals surface area contributed by atoms with Crippen LogP contribution in [0.5, 0.6) is 0 Å². The van der Waals surface area contributed by atoms with E-state index in [1.54, 1.807) is 0 Å². The Hall–Kier alpha value is -2.74. The number of nitrogens with two attached hydrogens (primary N) is 1. The highest BCUT2D eigenvalue weighted by Gasteiger charge is 1.98. The lowest BCUT2D eigenvalue weighted by Crippen LogP contribution is -1.92. The van der Waals surface area contributed by atoms with Crippen LogP contribution in [0.3, 0.4) is 0 Å². The average Bonchev–Trinajstić information content (AvgIpc) is 2.53. The number of nitrogens with one attached hydrogen (secondary N) is 1. The van der Waals surface area contributed by atoms with E-state index in [-0.39, 0.29) is 0 Å². The van der Waals surface area contributed by atoms with Crippen LogP contribution in [-0.2, 0) is 6.42 Å². The third-order valence-electron chi connectivity index (χ3n) is 3.40. The first kappa shape index (κ1) is 13.3. The second-order valence-corrected chi connectivity index (χ2v) is 5.11. The second kappa shape index (κ2) is 6.14. The highest BCUT2D eigenvalue weighted by Crippen LogP contribution is 2.19. The number of hydrogen-bond donors (Lipinski definition) is 2. The topological polar surface area (TPSA) is 38.0 Å². The average molecular weight is 274 g/mol. The molecule has 0 aliphatic heterocycles. The predicted octanol–water partition coefficient (Wildman–Crippen LogP) is 4.60. The van der Waals surface area contributed by atoms with E-state index in [1.165, 1.54) is 11.1 Å². The summed E-state index contributed by atoms with van der Waals surface area (Å²) in [6.45, 7) is 0. The molecule has 0 saturated heterocycles. The summed E-state index contributed by atoms with van der Waals surface area (Å²) in [6, 6.07) is 26.8. The fourth-order valence-corrected chi connectivity index (χ4v) is 2.27. The molecule has 2 heteroatoms. The molecule has 3 N–H and O–H groups in total. The number of anilines is 3. The minimum absolute atomic E-state index is 0.777. The number of benzene rings is 3. The molecule has 0 aliphatic rings. The molecule has 0 radical (unpaired) electrons. The van der Waals surface area contributed by atoms with Crippen molar-refractivity contribution < 1.29 is 0 Å². The SMILES string of the molecule is Nc1ccc(Nc2ccc(Cc3ccccc3)cc2)cc1. The van der Waals surface area contributed by atoms with Crippen molar-refractivity contribution >= 4 is 17.1 Å². The predicted molar refractivity (Wildman–Crippen MR) is 89.8 cm³/mol. The van der Waals surface area contributed by atoms with E-state index in [0.29, 0.717) is 0 Å². The molecule has 0 amide bonds. The van der Waals surface area contributed by atoms with Crippen molar-refractivity contribution in [2.45, 2.75) is 6.42 Å². The number of rotatable bonds is 4. The normalized spacial score (nSPS) is 10.3. The Balaban J connectivity index is 1.68. The molecule has 3 rings (SSSR count). The smallest absolute Gasteiger partial charge is 0.0385 e. The van der Waals surface area contributed by atoms with Crippen LogP contribution >= 0.6 is 0 Å². The lowest BCUT2D eigenvalue weighted by Gasteiger charge is -2.08. The third-order valence-corrected chi connectivity index (χ3v) is 3.40. The van der Waals surface area contributed by atoms with Gasteiger partial charge in [-0.15, -0.1) is 0 Å². The summed E-state index contributed by atoms with van der Waals surface area (Å²) in [4.78, 5) is 0. The van der Waals surface area contributed by atoms with Crippen LogP contribution in [0.2, 0.25) is 0 Å². The molecule has 0 aromatic heterocycles. The highest BCUT2D eigenvalue weighted by molar-refractivity contribution is 5.62. The first-order valence-electron chi connectivity index (χ1n) is 7.05. The fourth-order valence-electron chi connectivity index (χ4n) is 2.27. The van der Waals surface area contributed by atoms with Gasteiger partial charge in [0.05, 0.1) is 0 Å². The summed E-state index contributed by atoms with van der Waals surface area (Å²) in [5.74, 6) is 0. The third kappa shape index (κ3) is 3.63. The van der Waals surface area contributed by atoms with E-state index in [9.17, 15) is 0 Å². The maximum Gasteiger partial charge on any atom is 0.0385 e. The van der Waals surface area contributed by atoms with Crippen molar-refractivity contribution in [3.05, 3.63) is 90.0 Å².